The van der Waals surface area contributed by atoms with Gasteiger partial charge in [-0.2, -0.15) is 4.98 Å². The van der Waals surface area contributed by atoms with Crippen molar-refractivity contribution in [3.8, 4) is 40.2 Å². The van der Waals surface area contributed by atoms with Crippen molar-refractivity contribution in [2.75, 3.05) is 6.61 Å². The topological polar surface area (TPSA) is 72.9 Å². The first-order valence-corrected chi connectivity index (χ1v) is 11.3. The molecule has 0 aliphatic heterocycles. The first-order valence-electron chi connectivity index (χ1n) is 11.3. The van der Waals surface area contributed by atoms with Crippen LogP contribution in [0.15, 0.2) is 97.2 Å². The highest BCUT2D eigenvalue weighted by Crippen LogP contribution is 2.32. The summed E-state index contributed by atoms with van der Waals surface area (Å²) >= 11 is 0. The number of aromatic nitrogens is 4. The zero-order chi connectivity index (χ0) is 24.0. The van der Waals surface area contributed by atoms with Crippen molar-refractivity contribution >= 4 is 0 Å². The normalized spacial score (nSPS) is 11.7. The van der Waals surface area contributed by atoms with Gasteiger partial charge in [0, 0.05) is 17.7 Å². The van der Waals surface area contributed by atoms with Crippen LogP contribution >= 0.6 is 0 Å². The Morgan fingerprint density at radius 2 is 1.51 bits per heavy atom. The van der Waals surface area contributed by atoms with Crippen molar-refractivity contribution < 1.29 is 13.9 Å². The molecule has 6 nitrogen and oxygen atoms in total. The lowest BCUT2D eigenvalue weighted by atomic mass is 10.1. The van der Waals surface area contributed by atoms with E-state index in [0.29, 0.717) is 29.4 Å². The summed E-state index contributed by atoms with van der Waals surface area (Å²) in [5.74, 6) is 1.82. The highest BCUT2D eigenvalue weighted by Gasteiger charge is 2.20. The maximum absolute atomic E-state index is 13.6. The predicted molar refractivity (Wildman–Crippen MR) is 132 cm³/mol. The summed E-state index contributed by atoms with van der Waals surface area (Å²) in [6, 6.07) is 27.2. The first-order chi connectivity index (χ1) is 17.2. The molecule has 1 N–H and O–H groups in total. The Balaban J connectivity index is 1.47. The minimum absolute atomic E-state index is 0.0370. The zero-order valence-corrected chi connectivity index (χ0v) is 19.1. The van der Waals surface area contributed by atoms with Crippen LogP contribution in [0.2, 0.25) is 0 Å². The lowest BCUT2D eigenvalue weighted by Crippen LogP contribution is -2.08. The van der Waals surface area contributed by atoms with Crippen LogP contribution in [0.5, 0.6) is 17.5 Å². The molecule has 0 saturated heterocycles. The van der Waals surface area contributed by atoms with Gasteiger partial charge in [0.15, 0.2) is 0 Å². The quantitative estimate of drug-likeness (QED) is 0.277. The number of H-pyrrole nitrogens is 1. The van der Waals surface area contributed by atoms with Crippen molar-refractivity contribution in [3.63, 3.8) is 0 Å². The molecule has 1 atom stereocenters. The van der Waals surface area contributed by atoms with Crippen LogP contribution in [0.25, 0.3) is 22.6 Å². The van der Waals surface area contributed by atoms with E-state index in [1.165, 1.54) is 12.1 Å². The number of ether oxygens (including phenoxy) is 2. The summed E-state index contributed by atoms with van der Waals surface area (Å²) in [5.41, 5.74) is 2.74. The van der Waals surface area contributed by atoms with E-state index < -0.39 is 0 Å². The van der Waals surface area contributed by atoms with E-state index in [2.05, 4.69) is 15.0 Å². The van der Waals surface area contributed by atoms with E-state index in [4.69, 9.17) is 14.5 Å². The standard InChI is InChI=1S/C28H23FN4O2/c1-19(18-34-22-8-4-2-5-9-22)27-32-25(20-12-14-21(29)15-13-20)26(33-27)24-16-17-30-28(31-24)35-23-10-6-3-7-11-23/h2-17,19H,18H2,1H3,(H,32,33). The van der Waals surface area contributed by atoms with Crippen LogP contribution in [-0.4, -0.2) is 26.5 Å². The molecule has 0 aliphatic rings. The number of nitrogens with zero attached hydrogens (tertiary/aromatic N) is 3. The Morgan fingerprint density at radius 1 is 0.829 bits per heavy atom. The van der Waals surface area contributed by atoms with Gasteiger partial charge < -0.3 is 14.5 Å². The number of rotatable bonds is 8. The van der Waals surface area contributed by atoms with E-state index in [9.17, 15) is 4.39 Å². The Kier molecular flexibility index (Phi) is 6.48. The van der Waals surface area contributed by atoms with E-state index in [0.717, 1.165) is 17.1 Å². The lowest BCUT2D eigenvalue weighted by molar-refractivity contribution is 0.292. The zero-order valence-electron chi connectivity index (χ0n) is 19.1. The maximum atomic E-state index is 13.6. The first kappa shape index (κ1) is 22.3. The van der Waals surface area contributed by atoms with Crippen molar-refractivity contribution in [3.05, 3.63) is 109 Å². The fraction of sp³-hybridized carbons (Fsp3) is 0.107. The third-order valence-electron chi connectivity index (χ3n) is 5.39. The van der Waals surface area contributed by atoms with Crippen molar-refractivity contribution in [1.82, 2.24) is 19.9 Å². The molecule has 0 bridgehead atoms. The van der Waals surface area contributed by atoms with Crippen LogP contribution in [0.3, 0.4) is 0 Å². The molecule has 0 saturated carbocycles. The molecular formula is C28H23FN4O2. The second-order valence-electron chi connectivity index (χ2n) is 8.02. The summed E-state index contributed by atoms with van der Waals surface area (Å²) in [4.78, 5) is 17.1. The Labute approximate surface area is 202 Å². The number of halogens is 1. The number of hydrogen-bond donors (Lipinski definition) is 1. The van der Waals surface area contributed by atoms with Crippen molar-refractivity contribution in [2.24, 2.45) is 0 Å². The second-order valence-corrected chi connectivity index (χ2v) is 8.02. The molecule has 0 spiro atoms. The predicted octanol–water partition coefficient (Wildman–Crippen LogP) is 6.65. The van der Waals surface area contributed by atoms with Gasteiger partial charge in [-0.05, 0) is 54.6 Å². The lowest BCUT2D eigenvalue weighted by Gasteiger charge is -2.10. The average molecular weight is 467 g/mol. The fourth-order valence-corrected chi connectivity index (χ4v) is 3.57. The van der Waals surface area contributed by atoms with Gasteiger partial charge in [-0.25, -0.2) is 14.4 Å². The minimum atomic E-state index is -0.309. The van der Waals surface area contributed by atoms with Gasteiger partial charge in [0.25, 0.3) is 0 Å². The van der Waals surface area contributed by atoms with E-state index in [-0.39, 0.29) is 17.7 Å². The molecule has 35 heavy (non-hydrogen) atoms. The molecule has 1 unspecified atom stereocenters. The molecular weight excluding hydrogens is 443 g/mol. The molecule has 0 radical (unpaired) electrons. The summed E-state index contributed by atoms with van der Waals surface area (Å²) < 4.78 is 25.3. The molecule has 0 aliphatic carbocycles. The largest absolute Gasteiger partial charge is 0.493 e. The molecule has 3 aromatic carbocycles. The maximum Gasteiger partial charge on any atom is 0.322 e. The number of benzene rings is 3. The smallest absolute Gasteiger partial charge is 0.322 e. The highest BCUT2D eigenvalue weighted by molar-refractivity contribution is 5.76. The number of nitrogens with one attached hydrogen (secondary N) is 1. The Bertz CT molecular complexity index is 1390. The van der Waals surface area contributed by atoms with Gasteiger partial charge in [0.2, 0.25) is 0 Å². The van der Waals surface area contributed by atoms with Crippen molar-refractivity contribution in [1.29, 1.82) is 0 Å². The molecule has 7 heteroatoms. The number of imidazole rings is 1. The summed E-state index contributed by atoms with van der Waals surface area (Å²) in [6.45, 7) is 2.47. The Morgan fingerprint density at radius 3 is 2.23 bits per heavy atom. The van der Waals surface area contributed by atoms with Gasteiger partial charge in [-0.3, -0.25) is 0 Å². The number of para-hydroxylation sites is 2. The van der Waals surface area contributed by atoms with E-state index in [1.54, 1.807) is 24.4 Å². The minimum Gasteiger partial charge on any atom is -0.493 e. The van der Waals surface area contributed by atoms with Gasteiger partial charge in [0.1, 0.15) is 23.1 Å². The monoisotopic (exact) mass is 466 g/mol. The van der Waals surface area contributed by atoms with Crippen LogP contribution in [0, 0.1) is 5.82 Å². The number of aromatic amines is 1. The second kappa shape index (κ2) is 10.2. The molecule has 0 fully saturated rings. The molecule has 2 aromatic heterocycles. The molecule has 2 heterocycles. The van der Waals surface area contributed by atoms with Crippen LogP contribution in [0.1, 0.15) is 18.7 Å². The van der Waals surface area contributed by atoms with E-state index >= 15 is 0 Å². The number of hydrogen-bond acceptors (Lipinski definition) is 5. The average Bonchev–Trinajstić information content (AvgIpc) is 3.35. The molecule has 0 amide bonds. The third kappa shape index (κ3) is 5.35. The van der Waals surface area contributed by atoms with Crippen LogP contribution < -0.4 is 9.47 Å². The van der Waals surface area contributed by atoms with Crippen LogP contribution in [0.4, 0.5) is 4.39 Å². The SMILES string of the molecule is CC(COc1ccccc1)c1nc(-c2ccc(F)cc2)c(-c2ccnc(Oc3ccccc3)n2)[nH]1. The van der Waals surface area contributed by atoms with Crippen LogP contribution in [-0.2, 0) is 0 Å². The van der Waals surface area contributed by atoms with Gasteiger partial charge in [0.05, 0.1) is 23.7 Å². The van der Waals surface area contributed by atoms with Gasteiger partial charge >= 0.3 is 6.01 Å². The fourth-order valence-electron chi connectivity index (χ4n) is 3.57. The molecule has 5 rings (SSSR count). The highest BCUT2D eigenvalue weighted by atomic mass is 19.1. The van der Waals surface area contributed by atoms with Gasteiger partial charge in [-0.15, -0.1) is 0 Å². The summed E-state index contributed by atoms with van der Waals surface area (Å²) in [5, 5.41) is 0. The summed E-state index contributed by atoms with van der Waals surface area (Å²) in [7, 11) is 0. The van der Waals surface area contributed by atoms with E-state index in [1.807, 2.05) is 67.6 Å². The summed E-state index contributed by atoms with van der Waals surface area (Å²) in [6.07, 6.45) is 1.64. The third-order valence-corrected chi connectivity index (χ3v) is 5.39. The molecule has 5 aromatic rings. The molecule has 174 valence electrons. The van der Waals surface area contributed by atoms with Gasteiger partial charge in [-0.1, -0.05) is 43.3 Å². The Hall–Kier alpha value is -4.52. The van der Waals surface area contributed by atoms with Crippen molar-refractivity contribution in [2.45, 2.75) is 12.8 Å².